The summed E-state index contributed by atoms with van der Waals surface area (Å²) in [6.45, 7) is 1.98. The van der Waals surface area contributed by atoms with Gasteiger partial charge in [0.05, 0.1) is 29.6 Å². The maximum atomic E-state index is 13.4. The van der Waals surface area contributed by atoms with E-state index in [-0.39, 0.29) is 17.6 Å². The first-order chi connectivity index (χ1) is 15.0. The minimum atomic E-state index is -0.529. The van der Waals surface area contributed by atoms with Crippen LogP contribution in [0.25, 0.3) is 16.9 Å². The highest BCUT2D eigenvalue weighted by Crippen LogP contribution is 2.27. The third-order valence-electron chi connectivity index (χ3n) is 4.11. The second-order valence-electron chi connectivity index (χ2n) is 6.19. The Labute approximate surface area is 180 Å². The molecule has 1 aromatic carbocycles. The fourth-order valence-electron chi connectivity index (χ4n) is 2.73. The average Bonchev–Trinajstić information content (AvgIpc) is 3.31. The standard InChI is InChI=1S/C20H15ClFN7O2/c1-2-31-19(30)13-7-12(9-23-10-13)15-11-24-20(28-18(15)29-25-5-6-26-29)27-14-3-4-17(22)16(21)8-14/h3-11H,2H2,1H3,(H,24,27,28). The normalized spacial score (nSPS) is 10.7. The maximum absolute atomic E-state index is 13.4. The molecule has 156 valence electrons. The summed E-state index contributed by atoms with van der Waals surface area (Å²) in [4.78, 5) is 26.3. The lowest BCUT2D eigenvalue weighted by atomic mass is 10.1. The van der Waals surface area contributed by atoms with E-state index in [1.165, 1.54) is 41.6 Å². The van der Waals surface area contributed by atoms with Gasteiger partial charge >= 0.3 is 5.97 Å². The van der Waals surface area contributed by atoms with E-state index < -0.39 is 11.8 Å². The van der Waals surface area contributed by atoms with E-state index >= 15 is 0 Å². The van der Waals surface area contributed by atoms with Crippen LogP contribution < -0.4 is 5.32 Å². The van der Waals surface area contributed by atoms with Crippen molar-refractivity contribution in [2.45, 2.75) is 6.92 Å². The number of nitrogens with zero attached hydrogens (tertiary/aromatic N) is 6. The molecule has 0 saturated heterocycles. The Morgan fingerprint density at radius 2 is 2.00 bits per heavy atom. The largest absolute Gasteiger partial charge is 0.462 e. The summed E-state index contributed by atoms with van der Waals surface area (Å²) in [6.07, 6.45) is 7.55. The molecule has 0 bridgehead atoms. The van der Waals surface area contributed by atoms with Gasteiger partial charge in [-0.2, -0.15) is 15.2 Å². The molecule has 31 heavy (non-hydrogen) atoms. The Balaban J connectivity index is 1.74. The van der Waals surface area contributed by atoms with E-state index in [1.54, 1.807) is 25.4 Å². The molecule has 3 heterocycles. The Morgan fingerprint density at radius 3 is 2.74 bits per heavy atom. The topological polar surface area (TPSA) is 108 Å². The molecule has 0 unspecified atom stereocenters. The number of ether oxygens (including phenoxy) is 1. The van der Waals surface area contributed by atoms with Crippen LogP contribution in [0.2, 0.25) is 5.02 Å². The van der Waals surface area contributed by atoms with Crippen LogP contribution in [0, 0.1) is 5.82 Å². The van der Waals surface area contributed by atoms with Crippen LogP contribution >= 0.6 is 11.6 Å². The van der Waals surface area contributed by atoms with Crippen LogP contribution in [0.4, 0.5) is 16.0 Å². The highest BCUT2D eigenvalue weighted by Gasteiger charge is 2.16. The van der Waals surface area contributed by atoms with Crippen molar-refractivity contribution in [3.05, 3.63) is 71.7 Å². The average molecular weight is 440 g/mol. The molecular formula is C20H15ClFN7O2. The molecule has 4 aromatic rings. The summed E-state index contributed by atoms with van der Waals surface area (Å²) in [5, 5.41) is 11.2. The fraction of sp³-hybridized carbons (Fsp3) is 0.100. The van der Waals surface area contributed by atoms with E-state index in [1.807, 2.05) is 0 Å². The summed E-state index contributed by atoms with van der Waals surface area (Å²) >= 11 is 5.84. The van der Waals surface area contributed by atoms with Gasteiger partial charge in [-0.1, -0.05) is 11.6 Å². The van der Waals surface area contributed by atoms with Crippen molar-refractivity contribution in [2.24, 2.45) is 0 Å². The Morgan fingerprint density at radius 1 is 1.19 bits per heavy atom. The van der Waals surface area contributed by atoms with Crippen LogP contribution in [0.5, 0.6) is 0 Å². The van der Waals surface area contributed by atoms with Crippen LogP contribution in [0.1, 0.15) is 17.3 Å². The molecule has 4 rings (SSSR count). The molecule has 3 aromatic heterocycles. The van der Waals surface area contributed by atoms with Gasteiger partial charge in [0.15, 0.2) is 5.82 Å². The van der Waals surface area contributed by atoms with E-state index in [9.17, 15) is 9.18 Å². The number of aromatic nitrogens is 6. The second-order valence-corrected chi connectivity index (χ2v) is 6.59. The van der Waals surface area contributed by atoms with Crippen LogP contribution in [-0.2, 0) is 4.74 Å². The molecule has 0 saturated carbocycles. The van der Waals surface area contributed by atoms with Gasteiger partial charge in [0, 0.05) is 35.4 Å². The third-order valence-corrected chi connectivity index (χ3v) is 4.40. The number of hydrogen-bond donors (Lipinski definition) is 1. The molecule has 0 atom stereocenters. The Kier molecular flexibility index (Phi) is 5.80. The number of rotatable bonds is 6. The van der Waals surface area contributed by atoms with Gasteiger partial charge in [-0.25, -0.2) is 14.2 Å². The summed E-state index contributed by atoms with van der Waals surface area (Å²) < 4.78 is 18.5. The second kappa shape index (κ2) is 8.84. The van der Waals surface area contributed by atoms with E-state index in [0.717, 1.165) is 0 Å². The zero-order valence-corrected chi connectivity index (χ0v) is 16.9. The molecule has 9 nitrogen and oxygen atoms in total. The predicted molar refractivity (Wildman–Crippen MR) is 111 cm³/mol. The molecule has 0 aliphatic rings. The number of halogens is 2. The smallest absolute Gasteiger partial charge is 0.339 e. The number of anilines is 2. The van der Waals surface area contributed by atoms with Gasteiger partial charge in [-0.05, 0) is 31.2 Å². The summed E-state index contributed by atoms with van der Waals surface area (Å²) in [6, 6.07) is 5.80. The number of esters is 1. The highest BCUT2D eigenvalue weighted by molar-refractivity contribution is 6.31. The molecular weight excluding hydrogens is 425 g/mol. The first-order valence-electron chi connectivity index (χ1n) is 9.13. The molecule has 0 fully saturated rings. The molecule has 0 amide bonds. The molecule has 0 spiro atoms. The summed E-state index contributed by atoms with van der Waals surface area (Å²) in [7, 11) is 0. The van der Waals surface area contributed by atoms with E-state index in [4.69, 9.17) is 16.3 Å². The number of benzene rings is 1. The minimum absolute atomic E-state index is 0.0301. The van der Waals surface area contributed by atoms with Crippen LogP contribution in [0.3, 0.4) is 0 Å². The number of carbonyl (C=O) groups excluding carboxylic acids is 1. The Bertz CT molecular complexity index is 1230. The molecule has 11 heteroatoms. The quantitative estimate of drug-likeness (QED) is 0.451. The number of hydrogen-bond acceptors (Lipinski definition) is 8. The summed E-state index contributed by atoms with van der Waals surface area (Å²) in [5.74, 6) is -0.450. The number of nitrogens with one attached hydrogen (secondary N) is 1. The highest BCUT2D eigenvalue weighted by atomic mass is 35.5. The minimum Gasteiger partial charge on any atom is -0.462 e. The maximum Gasteiger partial charge on any atom is 0.339 e. The van der Waals surface area contributed by atoms with Gasteiger partial charge < -0.3 is 10.1 Å². The fourth-order valence-corrected chi connectivity index (χ4v) is 2.91. The van der Waals surface area contributed by atoms with Crippen molar-refractivity contribution < 1.29 is 13.9 Å². The third kappa shape index (κ3) is 4.48. The van der Waals surface area contributed by atoms with Crippen molar-refractivity contribution in [3.63, 3.8) is 0 Å². The SMILES string of the molecule is CCOC(=O)c1cncc(-c2cnc(Nc3ccc(F)c(Cl)c3)nc2-n2nccn2)c1. The number of carbonyl (C=O) groups is 1. The van der Waals surface area contributed by atoms with Crippen molar-refractivity contribution >= 4 is 29.2 Å². The monoisotopic (exact) mass is 439 g/mol. The Hall–Kier alpha value is -3.92. The van der Waals surface area contributed by atoms with Gasteiger partial charge in [-0.15, -0.1) is 4.80 Å². The zero-order valence-electron chi connectivity index (χ0n) is 16.2. The van der Waals surface area contributed by atoms with E-state index in [2.05, 4.69) is 30.5 Å². The lowest BCUT2D eigenvalue weighted by molar-refractivity contribution is 0.0526. The first-order valence-corrected chi connectivity index (χ1v) is 9.51. The first kappa shape index (κ1) is 20.4. The zero-order chi connectivity index (χ0) is 21.8. The van der Waals surface area contributed by atoms with Crippen molar-refractivity contribution in [2.75, 3.05) is 11.9 Å². The lowest BCUT2D eigenvalue weighted by Gasteiger charge is -2.11. The molecule has 0 aliphatic carbocycles. The van der Waals surface area contributed by atoms with Gasteiger partial charge in [0.25, 0.3) is 0 Å². The van der Waals surface area contributed by atoms with Gasteiger partial charge in [0.2, 0.25) is 5.95 Å². The predicted octanol–water partition coefficient (Wildman–Crippen LogP) is 3.83. The lowest BCUT2D eigenvalue weighted by Crippen LogP contribution is -2.09. The van der Waals surface area contributed by atoms with Gasteiger partial charge in [-0.3, -0.25) is 4.98 Å². The van der Waals surface area contributed by atoms with E-state index in [0.29, 0.717) is 28.2 Å². The number of pyridine rings is 1. The molecule has 0 aliphatic heterocycles. The van der Waals surface area contributed by atoms with Gasteiger partial charge in [0.1, 0.15) is 5.82 Å². The molecule has 0 radical (unpaired) electrons. The van der Waals surface area contributed by atoms with Crippen molar-refractivity contribution in [3.8, 4) is 16.9 Å². The van der Waals surface area contributed by atoms with Crippen LogP contribution in [0.15, 0.2) is 55.2 Å². The summed E-state index contributed by atoms with van der Waals surface area (Å²) in [5.41, 5.74) is 1.91. The van der Waals surface area contributed by atoms with Crippen LogP contribution in [-0.4, -0.2) is 42.5 Å². The molecule has 1 N–H and O–H groups in total. The van der Waals surface area contributed by atoms with Crippen molar-refractivity contribution in [1.29, 1.82) is 0 Å². The van der Waals surface area contributed by atoms with Crippen molar-refractivity contribution in [1.82, 2.24) is 29.9 Å².